The fourth-order valence-corrected chi connectivity index (χ4v) is 4.93. The Labute approximate surface area is 125 Å². The molecule has 1 aliphatic rings. The average Bonchev–Trinajstić information content (AvgIpc) is 2.88. The van der Waals surface area contributed by atoms with Gasteiger partial charge >= 0.3 is 0 Å². The molecule has 120 valence electrons. The van der Waals surface area contributed by atoms with Gasteiger partial charge in [-0.1, -0.05) is 0 Å². The van der Waals surface area contributed by atoms with Crippen LogP contribution in [0.25, 0.3) is 0 Å². The van der Waals surface area contributed by atoms with Gasteiger partial charge in [0.15, 0.2) is 9.84 Å². The molecule has 0 bridgehead atoms. The highest BCUT2D eigenvalue weighted by atomic mass is 32.2. The van der Waals surface area contributed by atoms with Gasteiger partial charge in [-0.15, -0.1) is 0 Å². The first kappa shape index (κ1) is 16.4. The minimum absolute atomic E-state index is 0.00953. The minimum Gasteiger partial charge on any atom is -0.320 e. The number of nitrogens with zero attached hydrogens (tertiary/aromatic N) is 3. The van der Waals surface area contributed by atoms with Crippen molar-refractivity contribution in [1.29, 1.82) is 0 Å². The number of hydrogen-bond acceptors (Lipinski definition) is 6. The molecule has 0 unspecified atom stereocenters. The van der Waals surface area contributed by atoms with Gasteiger partial charge in [0.05, 0.1) is 17.7 Å². The Kier molecular flexibility index (Phi) is 5.02. The number of sulfone groups is 1. The molecule has 1 fully saturated rings. The van der Waals surface area contributed by atoms with Crippen LogP contribution in [-0.4, -0.2) is 69.1 Å². The van der Waals surface area contributed by atoms with Crippen molar-refractivity contribution in [3.8, 4) is 0 Å². The monoisotopic (exact) mass is 336 g/mol. The molecule has 0 aromatic carbocycles. The van der Waals surface area contributed by atoms with E-state index in [2.05, 4.69) is 10.4 Å². The second-order valence-corrected chi connectivity index (χ2v) is 9.19. The summed E-state index contributed by atoms with van der Waals surface area (Å²) in [5, 5.41) is 7.05. The van der Waals surface area contributed by atoms with Gasteiger partial charge < -0.3 is 5.32 Å². The summed E-state index contributed by atoms with van der Waals surface area (Å²) in [6, 6.07) is 0. The van der Waals surface area contributed by atoms with E-state index in [-0.39, 0.29) is 29.5 Å². The topological polar surface area (TPSA) is 101 Å². The maximum Gasteiger partial charge on any atom is 0.246 e. The van der Waals surface area contributed by atoms with E-state index in [4.69, 9.17) is 0 Å². The highest BCUT2D eigenvalue weighted by Gasteiger charge is 2.31. The molecule has 10 heteroatoms. The van der Waals surface area contributed by atoms with Crippen molar-refractivity contribution in [2.45, 2.75) is 17.9 Å². The van der Waals surface area contributed by atoms with Crippen LogP contribution in [-0.2, 0) is 26.4 Å². The molecular weight excluding hydrogens is 316 g/mol. The van der Waals surface area contributed by atoms with E-state index in [1.54, 1.807) is 4.68 Å². The van der Waals surface area contributed by atoms with Gasteiger partial charge in [-0.25, -0.2) is 16.8 Å². The van der Waals surface area contributed by atoms with Crippen molar-refractivity contribution >= 4 is 19.9 Å². The third kappa shape index (κ3) is 4.02. The minimum atomic E-state index is -3.65. The van der Waals surface area contributed by atoms with E-state index >= 15 is 0 Å². The van der Waals surface area contributed by atoms with Gasteiger partial charge in [0, 0.05) is 25.8 Å². The van der Waals surface area contributed by atoms with Crippen LogP contribution in [0.4, 0.5) is 0 Å². The average molecular weight is 336 g/mol. The third-order valence-corrected chi connectivity index (χ3v) is 6.83. The maximum atomic E-state index is 12.4. The van der Waals surface area contributed by atoms with E-state index in [0.717, 1.165) is 13.0 Å². The Morgan fingerprint density at radius 1 is 1.33 bits per heavy atom. The normalized spacial score (nSPS) is 19.7. The molecule has 1 N–H and O–H groups in total. The quantitative estimate of drug-likeness (QED) is 0.663. The van der Waals surface area contributed by atoms with E-state index in [9.17, 15) is 16.8 Å². The lowest BCUT2D eigenvalue weighted by atomic mass is 10.4. The highest BCUT2D eigenvalue weighted by Crippen LogP contribution is 2.17. The molecule has 0 radical (unpaired) electrons. The molecule has 1 saturated heterocycles. The molecule has 1 aromatic heterocycles. The third-order valence-electron chi connectivity index (χ3n) is 3.36. The van der Waals surface area contributed by atoms with Gasteiger partial charge in [-0.3, -0.25) is 4.68 Å². The smallest absolute Gasteiger partial charge is 0.246 e. The summed E-state index contributed by atoms with van der Waals surface area (Å²) in [4.78, 5) is 0.117. The van der Waals surface area contributed by atoms with Crippen LogP contribution in [0.1, 0.15) is 6.42 Å². The number of aryl methyl sites for hydroxylation is 1. The molecule has 21 heavy (non-hydrogen) atoms. The molecule has 1 aliphatic heterocycles. The fourth-order valence-electron chi connectivity index (χ4n) is 2.10. The molecule has 0 saturated carbocycles. The zero-order valence-electron chi connectivity index (χ0n) is 11.9. The van der Waals surface area contributed by atoms with Gasteiger partial charge in [0.25, 0.3) is 0 Å². The van der Waals surface area contributed by atoms with Crippen molar-refractivity contribution < 1.29 is 16.8 Å². The van der Waals surface area contributed by atoms with Crippen LogP contribution in [0, 0.1) is 0 Å². The summed E-state index contributed by atoms with van der Waals surface area (Å²) in [6.07, 6.45) is 3.66. The van der Waals surface area contributed by atoms with Crippen molar-refractivity contribution in [2.24, 2.45) is 0 Å². The molecule has 2 rings (SSSR count). The van der Waals surface area contributed by atoms with Crippen LogP contribution in [0.3, 0.4) is 0 Å². The lowest BCUT2D eigenvalue weighted by molar-refractivity contribution is 0.430. The number of rotatable bonds is 6. The van der Waals surface area contributed by atoms with Gasteiger partial charge in [0.1, 0.15) is 4.90 Å². The summed E-state index contributed by atoms with van der Waals surface area (Å²) < 4.78 is 50.3. The van der Waals surface area contributed by atoms with E-state index in [1.165, 1.54) is 16.7 Å². The Hall–Kier alpha value is -0.970. The fraction of sp³-hybridized carbons (Fsp3) is 0.727. The zero-order valence-corrected chi connectivity index (χ0v) is 13.5. The number of nitrogens with one attached hydrogen (secondary N) is 1. The first-order chi connectivity index (χ1) is 9.85. The largest absolute Gasteiger partial charge is 0.320 e. The molecule has 2 heterocycles. The standard InChI is InChI=1S/C11H20N4O4S2/c1-12-3-2-4-14-10-11(9-13-14)21(18,19)15-5-7-20(16,17)8-6-15/h9-10,12H,2-8H2,1H3. The Morgan fingerprint density at radius 3 is 2.62 bits per heavy atom. The van der Waals surface area contributed by atoms with Gasteiger partial charge in [0.2, 0.25) is 10.0 Å². The zero-order chi connectivity index (χ0) is 15.5. The lowest BCUT2D eigenvalue weighted by Gasteiger charge is -2.25. The SMILES string of the molecule is CNCCCn1cc(S(=O)(=O)N2CCS(=O)(=O)CC2)cn1. The van der Waals surface area contributed by atoms with Crippen LogP contribution in [0.15, 0.2) is 17.3 Å². The summed E-state index contributed by atoms with van der Waals surface area (Å²) in [5.41, 5.74) is 0. The second-order valence-electron chi connectivity index (χ2n) is 4.95. The molecule has 0 spiro atoms. The number of aromatic nitrogens is 2. The summed E-state index contributed by atoms with van der Waals surface area (Å²) in [7, 11) is -4.90. The van der Waals surface area contributed by atoms with Crippen molar-refractivity contribution in [3.05, 3.63) is 12.4 Å². The molecule has 0 amide bonds. The molecular formula is C11H20N4O4S2. The van der Waals surface area contributed by atoms with Crippen LogP contribution >= 0.6 is 0 Å². The predicted molar refractivity (Wildman–Crippen MR) is 78.2 cm³/mol. The summed E-state index contributed by atoms with van der Waals surface area (Å²) in [6.45, 7) is 1.47. The van der Waals surface area contributed by atoms with Crippen molar-refractivity contribution in [3.63, 3.8) is 0 Å². The second kappa shape index (κ2) is 6.42. The van der Waals surface area contributed by atoms with Crippen LogP contribution in [0.2, 0.25) is 0 Å². The highest BCUT2D eigenvalue weighted by molar-refractivity contribution is 7.92. The molecule has 1 aromatic rings. The first-order valence-corrected chi connectivity index (χ1v) is 9.99. The number of hydrogen-bond donors (Lipinski definition) is 1. The van der Waals surface area contributed by atoms with E-state index in [0.29, 0.717) is 6.54 Å². The summed E-state index contributed by atoms with van der Waals surface area (Å²) in [5.74, 6) is -0.245. The van der Waals surface area contributed by atoms with Crippen molar-refractivity contribution in [1.82, 2.24) is 19.4 Å². The van der Waals surface area contributed by atoms with Crippen molar-refractivity contribution in [2.75, 3.05) is 38.2 Å². The van der Waals surface area contributed by atoms with E-state index < -0.39 is 19.9 Å². The Morgan fingerprint density at radius 2 is 2.00 bits per heavy atom. The lowest BCUT2D eigenvalue weighted by Crippen LogP contribution is -2.43. The first-order valence-electron chi connectivity index (χ1n) is 6.73. The number of sulfonamides is 1. The van der Waals surface area contributed by atoms with Gasteiger partial charge in [-0.2, -0.15) is 9.40 Å². The molecule has 8 nitrogen and oxygen atoms in total. The molecule has 0 atom stereocenters. The van der Waals surface area contributed by atoms with Crippen LogP contribution < -0.4 is 5.32 Å². The molecule has 0 aliphatic carbocycles. The predicted octanol–water partition coefficient (Wildman–Crippen LogP) is -1.09. The maximum absolute atomic E-state index is 12.4. The Balaban J connectivity index is 2.06. The van der Waals surface area contributed by atoms with Gasteiger partial charge in [-0.05, 0) is 20.0 Å². The van der Waals surface area contributed by atoms with E-state index in [1.807, 2.05) is 7.05 Å². The Bertz CT molecular complexity index is 667. The summed E-state index contributed by atoms with van der Waals surface area (Å²) >= 11 is 0. The van der Waals surface area contributed by atoms with Crippen LogP contribution in [0.5, 0.6) is 0 Å².